The largest absolute Gasteiger partial charge is 0.379 e. The van der Waals surface area contributed by atoms with Gasteiger partial charge < -0.3 is 20.5 Å². The van der Waals surface area contributed by atoms with Crippen molar-refractivity contribution >= 4 is 22.7 Å². The Morgan fingerprint density at radius 3 is 3.04 bits per heavy atom. The number of benzene rings is 1. The molecule has 1 aliphatic rings. The summed E-state index contributed by atoms with van der Waals surface area (Å²) in [6.45, 7) is 2.63. The maximum atomic E-state index is 12.7. The number of ether oxygens (including phenoxy) is 2. The number of nitrogens with zero attached hydrogens (tertiary/aromatic N) is 2. The minimum atomic E-state index is -0.539. The van der Waals surface area contributed by atoms with Gasteiger partial charge >= 0.3 is 0 Å². The summed E-state index contributed by atoms with van der Waals surface area (Å²) < 4.78 is 12.6. The number of hydrogen-bond acceptors (Lipinski definition) is 5. The number of aryl methyl sites for hydroxylation is 2. The Balaban J connectivity index is 1.78. The Bertz CT molecular complexity index is 801. The number of nitrogens with one attached hydrogen (secondary N) is 1. The van der Waals surface area contributed by atoms with E-state index in [0.29, 0.717) is 25.3 Å². The van der Waals surface area contributed by atoms with Crippen LogP contribution >= 0.6 is 0 Å². The van der Waals surface area contributed by atoms with Crippen molar-refractivity contribution in [2.45, 2.75) is 25.5 Å². The van der Waals surface area contributed by atoms with Gasteiger partial charge in [-0.15, -0.1) is 0 Å². The number of hydrogen-bond donors (Lipinski definition) is 2. The number of carbonyl (C=O) groups is 2. The summed E-state index contributed by atoms with van der Waals surface area (Å²) in [6.07, 6.45) is 0.266. The van der Waals surface area contributed by atoms with Crippen molar-refractivity contribution in [2.75, 3.05) is 19.8 Å². The van der Waals surface area contributed by atoms with E-state index in [2.05, 4.69) is 10.4 Å². The van der Waals surface area contributed by atoms with Crippen LogP contribution in [0, 0.1) is 6.92 Å². The topological polar surface area (TPSA) is 108 Å². The van der Waals surface area contributed by atoms with Gasteiger partial charge in [0.25, 0.3) is 5.91 Å². The molecule has 2 atom stereocenters. The van der Waals surface area contributed by atoms with E-state index < -0.39 is 5.91 Å². The normalized spacial score (nSPS) is 20.6. The van der Waals surface area contributed by atoms with Gasteiger partial charge in [-0.25, -0.2) is 0 Å². The van der Waals surface area contributed by atoms with E-state index in [1.54, 1.807) is 11.7 Å². The van der Waals surface area contributed by atoms with E-state index in [9.17, 15) is 9.59 Å². The van der Waals surface area contributed by atoms with Crippen LogP contribution < -0.4 is 11.1 Å². The van der Waals surface area contributed by atoms with Crippen molar-refractivity contribution in [1.29, 1.82) is 0 Å². The van der Waals surface area contributed by atoms with Crippen molar-refractivity contribution in [3.8, 4) is 0 Å². The molecule has 0 bridgehead atoms. The summed E-state index contributed by atoms with van der Waals surface area (Å²) in [4.78, 5) is 23.7. The fourth-order valence-corrected chi connectivity index (χ4v) is 3.03. The van der Waals surface area contributed by atoms with Gasteiger partial charge in [-0.2, -0.15) is 5.10 Å². The molecule has 25 heavy (non-hydrogen) atoms. The van der Waals surface area contributed by atoms with Crippen molar-refractivity contribution in [3.05, 3.63) is 29.5 Å². The first-order valence-corrected chi connectivity index (χ1v) is 8.17. The molecule has 0 aliphatic carbocycles. The molecule has 1 fully saturated rings. The maximum absolute atomic E-state index is 12.7. The number of primary amides is 1. The SMILES string of the molecule is Cc1ccc2c(c1)c(C(=O)N[C@@H]1COCC[C@@H]1OCC(N)=O)nn2C. The number of carbonyl (C=O) groups excluding carboxylic acids is 2. The molecule has 0 saturated carbocycles. The highest BCUT2D eigenvalue weighted by atomic mass is 16.5. The van der Waals surface area contributed by atoms with Gasteiger partial charge in [-0.3, -0.25) is 14.3 Å². The molecule has 3 N–H and O–H groups in total. The molecule has 8 heteroatoms. The predicted octanol–water partition coefficient (Wildman–Crippen LogP) is 0.271. The quantitative estimate of drug-likeness (QED) is 0.808. The fraction of sp³-hybridized carbons (Fsp3) is 0.471. The molecular formula is C17H22N4O4. The lowest BCUT2D eigenvalue weighted by molar-refractivity contribution is -0.128. The number of amides is 2. The third-order valence-electron chi connectivity index (χ3n) is 4.27. The summed E-state index contributed by atoms with van der Waals surface area (Å²) >= 11 is 0. The number of rotatable bonds is 5. The van der Waals surface area contributed by atoms with E-state index in [1.807, 2.05) is 25.1 Å². The van der Waals surface area contributed by atoms with Crippen LogP contribution in [-0.4, -0.2) is 53.6 Å². The van der Waals surface area contributed by atoms with Gasteiger partial charge in [-0.1, -0.05) is 11.6 Å². The Hall–Kier alpha value is -2.45. The molecule has 1 saturated heterocycles. The van der Waals surface area contributed by atoms with Gasteiger partial charge in [0.1, 0.15) is 6.61 Å². The van der Waals surface area contributed by atoms with Crippen molar-refractivity contribution in [1.82, 2.24) is 15.1 Å². The zero-order valence-corrected chi connectivity index (χ0v) is 14.3. The van der Waals surface area contributed by atoms with Crippen LogP contribution in [0.3, 0.4) is 0 Å². The van der Waals surface area contributed by atoms with Crippen LogP contribution in [0.1, 0.15) is 22.5 Å². The molecule has 2 aromatic rings. The standard InChI is InChI=1S/C17H22N4O4/c1-10-3-4-13-11(7-10)16(20-21(13)2)17(23)19-12-8-24-6-5-14(12)25-9-15(18)22/h3-4,7,12,14H,5-6,8-9H2,1-2H3,(H2,18,22)(H,19,23)/t12-,14+/m1/s1. The van der Waals surface area contributed by atoms with Crippen LogP contribution in [-0.2, 0) is 21.3 Å². The van der Waals surface area contributed by atoms with E-state index in [-0.39, 0.29) is 24.7 Å². The Labute approximate surface area is 145 Å². The van der Waals surface area contributed by atoms with Gasteiger partial charge in [0.05, 0.1) is 24.3 Å². The lowest BCUT2D eigenvalue weighted by Gasteiger charge is -2.31. The highest BCUT2D eigenvalue weighted by Crippen LogP contribution is 2.20. The summed E-state index contributed by atoms with van der Waals surface area (Å²) in [5, 5.41) is 8.06. The minimum absolute atomic E-state index is 0.178. The molecule has 0 radical (unpaired) electrons. The molecule has 1 aromatic carbocycles. The average Bonchev–Trinajstić information content (AvgIpc) is 2.90. The van der Waals surface area contributed by atoms with E-state index in [4.69, 9.17) is 15.2 Å². The fourth-order valence-electron chi connectivity index (χ4n) is 3.03. The molecular weight excluding hydrogens is 324 g/mol. The average molecular weight is 346 g/mol. The Morgan fingerprint density at radius 1 is 1.48 bits per heavy atom. The Morgan fingerprint density at radius 2 is 2.28 bits per heavy atom. The summed E-state index contributed by atoms with van der Waals surface area (Å²) in [6, 6.07) is 5.50. The van der Waals surface area contributed by atoms with Crippen LogP contribution in [0.15, 0.2) is 18.2 Å². The number of fused-ring (bicyclic) bond motifs is 1. The molecule has 1 aliphatic heterocycles. The van der Waals surface area contributed by atoms with E-state index >= 15 is 0 Å². The lowest BCUT2D eigenvalue weighted by Crippen LogP contribution is -2.51. The summed E-state index contributed by atoms with van der Waals surface area (Å²) in [7, 11) is 1.80. The highest BCUT2D eigenvalue weighted by molar-refractivity contribution is 6.05. The molecule has 0 unspecified atom stereocenters. The maximum Gasteiger partial charge on any atom is 0.272 e. The molecule has 0 spiro atoms. The van der Waals surface area contributed by atoms with Crippen LogP contribution in [0.4, 0.5) is 0 Å². The second kappa shape index (κ2) is 7.20. The summed E-state index contributed by atoms with van der Waals surface area (Å²) in [5.74, 6) is -0.831. The second-order valence-electron chi connectivity index (χ2n) is 6.25. The van der Waals surface area contributed by atoms with Gasteiger partial charge in [0, 0.05) is 19.0 Å². The minimum Gasteiger partial charge on any atom is -0.379 e. The van der Waals surface area contributed by atoms with Crippen molar-refractivity contribution in [2.24, 2.45) is 12.8 Å². The molecule has 134 valence electrons. The predicted molar refractivity (Wildman–Crippen MR) is 91.1 cm³/mol. The zero-order chi connectivity index (χ0) is 18.0. The van der Waals surface area contributed by atoms with Crippen molar-refractivity contribution in [3.63, 3.8) is 0 Å². The van der Waals surface area contributed by atoms with Crippen LogP contribution in [0.5, 0.6) is 0 Å². The monoisotopic (exact) mass is 346 g/mol. The third-order valence-corrected chi connectivity index (χ3v) is 4.27. The second-order valence-corrected chi connectivity index (χ2v) is 6.25. The van der Waals surface area contributed by atoms with Gasteiger partial charge in [-0.05, 0) is 25.5 Å². The summed E-state index contributed by atoms with van der Waals surface area (Å²) in [5.41, 5.74) is 7.43. The lowest BCUT2D eigenvalue weighted by atomic mass is 10.1. The third kappa shape index (κ3) is 3.80. The first-order chi connectivity index (χ1) is 12.0. The van der Waals surface area contributed by atoms with Gasteiger partial charge in [0.15, 0.2) is 5.69 Å². The molecule has 8 nitrogen and oxygen atoms in total. The van der Waals surface area contributed by atoms with Crippen LogP contribution in [0.25, 0.3) is 10.9 Å². The molecule has 1 aromatic heterocycles. The highest BCUT2D eigenvalue weighted by Gasteiger charge is 2.30. The van der Waals surface area contributed by atoms with E-state index in [1.165, 1.54) is 0 Å². The van der Waals surface area contributed by atoms with Gasteiger partial charge in [0.2, 0.25) is 5.91 Å². The number of aromatic nitrogens is 2. The van der Waals surface area contributed by atoms with Crippen molar-refractivity contribution < 1.29 is 19.1 Å². The smallest absolute Gasteiger partial charge is 0.272 e. The molecule has 2 heterocycles. The first-order valence-electron chi connectivity index (χ1n) is 8.17. The molecule has 3 rings (SSSR count). The first kappa shape index (κ1) is 17.4. The zero-order valence-electron chi connectivity index (χ0n) is 14.3. The van der Waals surface area contributed by atoms with Crippen LogP contribution in [0.2, 0.25) is 0 Å². The molecule has 2 amide bonds. The number of nitrogens with two attached hydrogens (primary N) is 1. The van der Waals surface area contributed by atoms with E-state index in [0.717, 1.165) is 16.5 Å². The Kier molecular flexibility index (Phi) is 5.00.